The van der Waals surface area contributed by atoms with Crippen molar-refractivity contribution < 1.29 is 9.53 Å². The highest BCUT2D eigenvalue weighted by Crippen LogP contribution is 2.37. The lowest BCUT2D eigenvalue weighted by molar-refractivity contribution is 0.0998. The molecule has 146 valence electrons. The van der Waals surface area contributed by atoms with Crippen molar-refractivity contribution in [1.82, 2.24) is 4.90 Å². The quantitative estimate of drug-likeness (QED) is 0.741. The van der Waals surface area contributed by atoms with E-state index in [-0.39, 0.29) is 12.3 Å². The first-order valence-electron chi connectivity index (χ1n) is 10.0. The first-order valence-corrected chi connectivity index (χ1v) is 10.0. The van der Waals surface area contributed by atoms with Gasteiger partial charge in [0.25, 0.3) is 0 Å². The van der Waals surface area contributed by atoms with Crippen molar-refractivity contribution in [3.05, 3.63) is 58.7 Å². The number of likely N-dealkylation sites (N-methyl/N-ethyl adjacent to an activating group) is 1. The molecule has 0 aromatic heterocycles. The molecule has 2 aromatic rings. The number of ether oxygens (including phenoxy) is 1. The number of carbonyl (C=O) groups is 1. The van der Waals surface area contributed by atoms with Crippen molar-refractivity contribution in [3.8, 4) is 5.75 Å². The van der Waals surface area contributed by atoms with E-state index in [1.165, 1.54) is 29.5 Å². The number of nitrogens with zero attached hydrogens (tertiary/aromatic N) is 3. The topological polar surface area (TPSA) is 54.3 Å². The second-order valence-corrected chi connectivity index (χ2v) is 7.80. The van der Waals surface area contributed by atoms with Crippen LogP contribution >= 0.6 is 0 Å². The predicted octanol–water partition coefficient (Wildman–Crippen LogP) is 4.57. The van der Waals surface area contributed by atoms with Gasteiger partial charge < -0.3 is 9.64 Å². The normalized spacial score (nSPS) is 18.1. The van der Waals surface area contributed by atoms with E-state index in [1.54, 1.807) is 7.11 Å². The van der Waals surface area contributed by atoms with E-state index in [1.807, 2.05) is 18.2 Å². The molecule has 0 bridgehead atoms. The van der Waals surface area contributed by atoms with Gasteiger partial charge in [0.2, 0.25) is 0 Å². The van der Waals surface area contributed by atoms with Crippen LogP contribution in [0.25, 0.3) is 0 Å². The Kier molecular flexibility index (Phi) is 5.53. The molecular formula is C23H27N3O2. The highest BCUT2D eigenvalue weighted by atomic mass is 16.5. The van der Waals surface area contributed by atoms with Crippen molar-refractivity contribution in [2.45, 2.75) is 31.6 Å². The molecule has 0 amide bonds. The minimum atomic E-state index is 0.0556. The summed E-state index contributed by atoms with van der Waals surface area (Å²) in [7, 11) is 3.95. The first kappa shape index (κ1) is 18.8. The van der Waals surface area contributed by atoms with Gasteiger partial charge in [-0.2, -0.15) is 10.2 Å². The summed E-state index contributed by atoms with van der Waals surface area (Å²) in [6, 6.07) is 12.4. The molecule has 4 rings (SSSR count). The fraction of sp³-hybridized carbons (Fsp3) is 0.435. The van der Waals surface area contributed by atoms with E-state index in [2.05, 4.69) is 40.4 Å². The molecule has 0 N–H and O–H groups in total. The zero-order chi connectivity index (χ0) is 19.5. The molecule has 0 radical (unpaired) electrons. The van der Waals surface area contributed by atoms with Gasteiger partial charge in [-0.3, -0.25) is 4.79 Å². The summed E-state index contributed by atoms with van der Waals surface area (Å²) in [4.78, 5) is 14.3. The van der Waals surface area contributed by atoms with Gasteiger partial charge in [0, 0.05) is 18.7 Å². The number of methoxy groups -OCH3 is 1. The summed E-state index contributed by atoms with van der Waals surface area (Å²) in [6.45, 7) is 2.19. The maximum atomic E-state index is 11.9. The van der Waals surface area contributed by atoms with Crippen LogP contribution in [0.1, 0.15) is 45.8 Å². The molecule has 5 nitrogen and oxygen atoms in total. The van der Waals surface area contributed by atoms with Crippen LogP contribution in [0, 0.1) is 0 Å². The molecule has 2 aliphatic rings. The molecular weight excluding hydrogens is 350 g/mol. The average molecular weight is 377 g/mol. The van der Waals surface area contributed by atoms with Crippen LogP contribution in [-0.4, -0.2) is 44.5 Å². The number of benzene rings is 2. The zero-order valence-corrected chi connectivity index (χ0v) is 16.6. The number of carbonyl (C=O) groups excluding carboxylic acids is 1. The number of fused-ring (bicyclic) bond motifs is 2. The van der Waals surface area contributed by atoms with Gasteiger partial charge in [-0.15, -0.1) is 0 Å². The van der Waals surface area contributed by atoms with E-state index < -0.39 is 0 Å². The molecule has 0 saturated heterocycles. The van der Waals surface area contributed by atoms with Crippen molar-refractivity contribution >= 4 is 11.5 Å². The number of Topliss-reactive ketones (excluding diaryl/α,β-unsaturated/α-hetero) is 1. The monoisotopic (exact) mass is 377 g/mol. The highest BCUT2D eigenvalue weighted by molar-refractivity contribution is 6.02. The van der Waals surface area contributed by atoms with Crippen molar-refractivity contribution in [2.75, 3.05) is 33.8 Å². The van der Waals surface area contributed by atoms with Crippen LogP contribution < -0.4 is 4.74 Å². The summed E-state index contributed by atoms with van der Waals surface area (Å²) >= 11 is 0. The molecule has 1 unspecified atom stereocenters. The molecule has 2 aromatic carbocycles. The largest absolute Gasteiger partial charge is 0.496 e. The lowest BCUT2D eigenvalue weighted by Gasteiger charge is -2.30. The highest BCUT2D eigenvalue weighted by Gasteiger charge is 2.23. The Balaban J connectivity index is 1.39. The fourth-order valence-electron chi connectivity index (χ4n) is 4.39. The van der Waals surface area contributed by atoms with E-state index in [0.29, 0.717) is 17.2 Å². The second-order valence-electron chi connectivity index (χ2n) is 7.80. The van der Waals surface area contributed by atoms with Crippen LogP contribution in [0.4, 0.5) is 5.69 Å². The Hall–Kier alpha value is -2.53. The van der Waals surface area contributed by atoms with Crippen LogP contribution in [0.15, 0.2) is 46.6 Å². The SMILES string of the molecule is COc1cccc2c1CCCC2CN(C)CCc1ccc2c(c1)N=NCC2=O. The Morgan fingerprint density at radius 3 is 3.00 bits per heavy atom. The van der Waals surface area contributed by atoms with Gasteiger partial charge in [-0.25, -0.2) is 0 Å². The summed E-state index contributed by atoms with van der Waals surface area (Å²) in [5.41, 5.74) is 5.44. The van der Waals surface area contributed by atoms with Gasteiger partial charge in [-0.05, 0) is 73.5 Å². The Labute approximate surface area is 166 Å². The van der Waals surface area contributed by atoms with E-state index >= 15 is 0 Å². The molecule has 1 heterocycles. The third-order valence-electron chi connectivity index (χ3n) is 5.88. The summed E-state index contributed by atoms with van der Waals surface area (Å²) in [5, 5.41) is 8.05. The number of hydrogen-bond donors (Lipinski definition) is 0. The van der Waals surface area contributed by atoms with Gasteiger partial charge in [0.15, 0.2) is 5.78 Å². The Bertz CT molecular complexity index is 907. The minimum absolute atomic E-state index is 0.0556. The van der Waals surface area contributed by atoms with Gasteiger partial charge >= 0.3 is 0 Å². The third kappa shape index (κ3) is 3.85. The maximum Gasteiger partial charge on any atom is 0.188 e. The second kappa shape index (κ2) is 8.23. The van der Waals surface area contributed by atoms with Crippen molar-refractivity contribution in [1.29, 1.82) is 0 Å². The van der Waals surface area contributed by atoms with Crippen LogP contribution in [0.2, 0.25) is 0 Å². The van der Waals surface area contributed by atoms with Crippen molar-refractivity contribution in [2.24, 2.45) is 10.2 Å². The molecule has 0 saturated carbocycles. The lowest BCUT2D eigenvalue weighted by atomic mass is 9.82. The van der Waals surface area contributed by atoms with Crippen LogP contribution in [0.3, 0.4) is 0 Å². The van der Waals surface area contributed by atoms with Gasteiger partial charge in [0.1, 0.15) is 12.3 Å². The summed E-state index contributed by atoms with van der Waals surface area (Å²) in [5.74, 6) is 1.64. The first-order chi connectivity index (χ1) is 13.7. The third-order valence-corrected chi connectivity index (χ3v) is 5.88. The fourth-order valence-corrected chi connectivity index (χ4v) is 4.39. The summed E-state index contributed by atoms with van der Waals surface area (Å²) < 4.78 is 5.57. The molecule has 0 fully saturated rings. The maximum absolute atomic E-state index is 11.9. The van der Waals surface area contributed by atoms with Gasteiger partial charge in [-0.1, -0.05) is 18.2 Å². The predicted molar refractivity (Wildman–Crippen MR) is 110 cm³/mol. The number of rotatable bonds is 6. The van der Waals surface area contributed by atoms with Gasteiger partial charge in [0.05, 0.1) is 12.8 Å². The number of ketones is 1. The smallest absolute Gasteiger partial charge is 0.188 e. The number of hydrogen-bond acceptors (Lipinski definition) is 5. The standard InChI is InChI=1S/C23H27N3O2/c1-26(12-11-16-9-10-20-21(13-16)25-24-14-22(20)27)15-17-5-3-7-19-18(17)6-4-8-23(19)28-2/h4,6,8-10,13,17H,3,5,7,11-12,14-15H2,1-2H3. The van der Waals surface area contributed by atoms with E-state index in [9.17, 15) is 4.79 Å². The van der Waals surface area contributed by atoms with Crippen LogP contribution in [0.5, 0.6) is 5.75 Å². The molecule has 1 aliphatic heterocycles. The average Bonchev–Trinajstić information content (AvgIpc) is 2.72. The summed E-state index contributed by atoms with van der Waals surface area (Å²) in [6.07, 6.45) is 4.49. The molecule has 1 aliphatic carbocycles. The zero-order valence-electron chi connectivity index (χ0n) is 16.6. The van der Waals surface area contributed by atoms with E-state index in [4.69, 9.17) is 4.74 Å². The van der Waals surface area contributed by atoms with Crippen LogP contribution in [-0.2, 0) is 12.8 Å². The molecule has 5 heteroatoms. The Morgan fingerprint density at radius 2 is 2.14 bits per heavy atom. The molecule has 1 atom stereocenters. The molecule has 28 heavy (non-hydrogen) atoms. The van der Waals surface area contributed by atoms with Crippen molar-refractivity contribution in [3.63, 3.8) is 0 Å². The lowest BCUT2D eigenvalue weighted by Crippen LogP contribution is -2.28. The number of azo groups is 1. The molecule has 0 spiro atoms. The Morgan fingerprint density at radius 1 is 1.25 bits per heavy atom. The van der Waals surface area contributed by atoms with E-state index in [0.717, 1.165) is 31.7 Å². The minimum Gasteiger partial charge on any atom is -0.496 e.